The molecule has 4 atom stereocenters. The fraction of sp³-hybridized carbons (Fsp3) is 0.478. The number of nitrogens with one attached hydrogen (secondary N) is 2. The Labute approximate surface area is 181 Å². The zero-order valence-corrected chi connectivity index (χ0v) is 17.4. The average Bonchev–Trinajstić information content (AvgIpc) is 3.33. The molecule has 3 aliphatic rings. The standard InChI is InChI=1S/C23H27N5O3/c29-20-8-4-7-19-16-11-17(14-27(13-16)23(31)18-9-10-25-26-18)21(28(19)20)22(30)24-12-15-5-2-1-3-6-15/h1-3,5-6,9-10,16-17,19,21H,4,7-8,11-14H2,(H,24,30)(H,25,26)/t16-,17+,19-,21+/m0/s1. The van der Waals surface area contributed by atoms with Crippen LogP contribution in [0, 0.1) is 11.8 Å². The molecule has 4 heterocycles. The van der Waals surface area contributed by atoms with E-state index >= 15 is 0 Å². The van der Waals surface area contributed by atoms with Crippen molar-refractivity contribution in [3.05, 3.63) is 53.9 Å². The normalized spacial score (nSPS) is 27.5. The van der Waals surface area contributed by atoms with Crippen LogP contribution in [0.25, 0.3) is 0 Å². The van der Waals surface area contributed by atoms with Gasteiger partial charge in [0, 0.05) is 44.2 Å². The molecule has 0 saturated carbocycles. The van der Waals surface area contributed by atoms with Gasteiger partial charge in [-0.15, -0.1) is 0 Å². The van der Waals surface area contributed by atoms with Crippen LogP contribution in [0.15, 0.2) is 42.6 Å². The first-order valence-electron chi connectivity index (χ1n) is 11.0. The number of nitrogens with zero attached hydrogens (tertiary/aromatic N) is 3. The molecule has 2 bridgehead atoms. The Morgan fingerprint density at radius 3 is 2.71 bits per heavy atom. The van der Waals surface area contributed by atoms with E-state index in [0.29, 0.717) is 31.7 Å². The summed E-state index contributed by atoms with van der Waals surface area (Å²) < 4.78 is 0. The van der Waals surface area contributed by atoms with Gasteiger partial charge in [-0.2, -0.15) is 5.10 Å². The minimum atomic E-state index is -0.532. The first-order valence-corrected chi connectivity index (χ1v) is 11.0. The van der Waals surface area contributed by atoms with E-state index in [-0.39, 0.29) is 35.6 Å². The molecule has 1 aromatic carbocycles. The molecule has 2 N–H and O–H groups in total. The van der Waals surface area contributed by atoms with Gasteiger partial charge in [0.25, 0.3) is 5.91 Å². The zero-order valence-electron chi connectivity index (χ0n) is 17.4. The lowest BCUT2D eigenvalue weighted by atomic mass is 9.71. The second-order valence-corrected chi connectivity index (χ2v) is 8.85. The molecule has 1 aromatic heterocycles. The Hall–Kier alpha value is -3.16. The molecule has 8 heteroatoms. The van der Waals surface area contributed by atoms with Gasteiger partial charge in [0.2, 0.25) is 11.8 Å². The van der Waals surface area contributed by atoms with Crippen molar-refractivity contribution in [1.82, 2.24) is 25.3 Å². The van der Waals surface area contributed by atoms with Crippen molar-refractivity contribution < 1.29 is 14.4 Å². The Balaban J connectivity index is 1.39. The summed E-state index contributed by atoms with van der Waals surface area (Å²) in [4.78, 5) is 42.9. The molecule has 3 amide bonds. The van der Waals surface area contributed by atoms with Crippen LogP contribution in [0.4, 0.5) is 0 Å². The topological polar surface area (TPSA) is 98.4 Å². The number of carbonyl (C=O) groups is 3. The number of hydrogen-bond donors (Lipinski definition) is 2. The van der Waals surface area contributed by atoms with Crippen LogP contribution in [-0.2, 0) is 16.1 Å². The van der Waals surface area contributed by atoms with Gasteiger partial charge in [0.15, 0.2) is 0 Å². The van der Waals surface area contributed by atoms with Crippen LogP contribution >= 0.6 is 0 Å². The molecule has 3 fully saturated rings. The van der Waals surface area contributed by atoms with Gasteiger partial charge >= 0.3 is 0 Å². The van der Waals surface area contributed by atoms with Crippen molar-refractivity contribution in [2.75, 3.05) is 13.1 Å². The summed E-state index contributed by atoms with van der Waals surface area (Å²) in [5.41, 5.74) is 1.48. The molecule has 0 radical (unpaired) electrons. The second kappa shape index (κ2) is 8.17. The predicted molar refractivity (Wildman–Crippen MR) is 113 cm³/mol. The Kier molecular flexibility index (Phi) is 5.21. The summed E-state index contributed by atoms with van der Waals surface area (Å²) in [7, 11) is 0. The van der Waals surface area contributed by atoms with Gasteiger partial charge < -0.3 is 15.1 Å². The molecule has 5 rings (SSSR count). The van der Waals surface area contributed by atoms with E-state index in [9.17, 15) is 14.4 Å². The maximum Gasteiger partial charge on any atom is 0.271 e. The molecule has 0 unspecified atom stereocenters. The number of aromatic amines is 1. The van der Waals surface area contributed by atoms with E-state index in [1.807, 2.05) is 40.1 Å². The smallest absolute Gasteiger partial charge is 0.271 e. The highest BCUT2D eigenvalue weighted by Crippen LogP contribution is 2.42. The van der Waals surface area contributed by atoms with Crippen LogP contribution in [0.5, 0.6) is 0 Å². The zero-order chi connectivity index (χ0) is 21.4. The molecule has 2 aromatic rings. The lowest BCUT2D eigenvalue weighted by Crippen LogP contribution is -2.68. The van der Waals surface area contributed by atoms with Gasteiger partial charge in [-0.05, 0) is 36.8 Å². The van der Waals surface area contributed by atoms with Gasteiger partial charge in [-0.1, -0.05) is 30.3 Å². The first-order chi connectivity index (χ1) is 15.1. The third kappa shape index (κ3) is 3.71. The fourth-order valence-electron chi connectivity index (χ4n) is 5.59. The number of H-pyrrole nitrogens is 1. The Bertz CT molecular complexity index is 961. The van der Waals surface area contributed by atoms with Crippen LogP contribution in [0.3, 0.4) is 0 Å². The summed E-state index contributed by atoms with van der Waals surface area (Å²) >= 11 is 0. The van der Waals surface area contributed by atoms with Crippen LogP contribution < -0.4 is 5.32 Å². The van der Waals surface area contributed by atoms with Gasteiger partial charge in [-0.3, -0.25) is 19.5 Å². The molecule has 3 aliphatic heterocycles. The largest absolute Gasteiger partial charge is 0.350 e. The van der Waals surface area contributed by atoms with Gasteiger partial charge in [-0.25, -0.2) is 0 Å². The molecular formula is C23H27N5O3. The highest BCUT2D eigenvalue weighted by atomic mass is 16.2. The van der Waals surface area contributed by atoms with Crippen molar-refractivity contribution in [2.45, 2.75) is 44.3 Å². The average molecular weight is 422 g/mol. The summed E-state index contributed by atoms with van der Waals surface area (Å²) in [6.45, 7) is 1.51. The summed E-state index contributed by atoms with van der Waals surface area (Å²) in [6.07, 6.45) is 4.66. The third-order valence-corrected chi connectivity index (χ3v) is 6.94. The number of aromatic nitrogens is 2. The molecule has 0 spiro atoms. The van der Waals surface area contributed by atoms with E-state index < -0.39 is 6.04 Å². The number of likely N-dealkylation sites (tertiary alicyclic amines) is 1. The third-order valence-electron chi connectivity index (χ3n) is 6.94. The lowest BCUT2D eigenvalue weighted by molar-refractivity contribution is -0.159. The highest BCUT2D eigenvalue weighted by molar-refractivity contribution is 5.93. The monoisotopic (exact) mass is 421 g/mol. The summed E-state index contributed by atoms with van der Waals surface area (Å²) in [5.74, 6) is -0.0125. The van der Waals surface area contributed by atoms with Gasteiger partial charge in [0.1, 0.15) is 11.7 Å². The number of piperidine rings is 3. The van der Waals surface area contributed by atoms with Crippen molar-refractivity contribution in [2.24, 2.45) is 11.8 Å². The Morgan fingerprint density at radius 1 is 1.13 bits per heavy atom. The van der Waals surface area contributed by atoms with Crippen LogP contribution in [0.1, 0.15) is 41.7 Å². The van der Waals surface area contributed by atoms with Crippen molar-refractivity contribution in [3.8, 4) is 0 Å². The number of benzene rings is 1. The SMILES string of the molecule is O=C(NCc1ccccc1)[C@H]1[C@@H]2C[C@@H](CN(C(=O)c3ccn[nH]3)C2)[C@@H]2CCCC(=O)N21. The van der Waals surface area contributed by atoms with Crippen molar-refractivity contribution in [1.29, 1.82) is 0 Å². The summed E-state index contributed by atoms with van der Waals surface area (Å²) in [6, 6.07) is 10.9. The van der Waals surface area contributed by atoms with E-state index in [0.717, 1.165) is 24.8 Å². The van der Waals surface area contributed by atoms with Crippen molar-refractivity contribution >= 4 is 17.7 Å². The molecule has 162 valence electrons. The predicted octanol–water partition coefficient (Wildman–Crippen LogP) is 1.57. The van der Waals surface area contributed by atoms with Gasteiger partial charge in [0.05, 0.1) is 0 Å². The van der Waals surface area contributed by atoms with E-state index in [1.165, 1.54) is 0 Å². The van der Waals surface area contributed by atoms with E-state index in [4.69, 9.17) is 0 Å². The number of carbonyl (C=O) groups excluding carboxylic acids is 3. The van der Waals surface area contributed by atoms with Crippen molar-refractivity contribution in [3.63, 3.8) is 0 Å². The molecule has 3 saturated heterocycles. The quantitative estimate of drug-likeness (QED) is 0.783. The molecule has 8 nitrogen and oxygen atoms in total. The lowest BCUT2D eigenvalue weighted by Gasteiger charge is -2.55. The van der Waals surface area contributed by atoms with Crippen LogP contribution in [0.2, 0.25) is 0 Å². The van der Waals surface area contributed by atoms with E-state index in [2.05, 4.69) is 15.5 Å². The van der Waals surface area contributed by atoms with Crippen LogP contribution in [-0.4, -0.2) is 62.9 Å². The second-order valence-electron chi connectivity index (χ2n) is 8.85. The minimum absolute atomic E-state index is 0.0161. The number of amides is 3. The maximum absolute atomic E-state index is 13.4. The number of fused-ring (bicyclic) bond motifs is 4. The molecular weight excluding hydrogens is 394 g/mol. The Morgan fingerprint density at radius 2 is 1.94 bits per heavy atom. The number of hydrogen-bond acceptors (Lipinski definition) is 4. The highest BCUT2D eigenvalue weighted by Gasteiger charge is 2.52. The minimum Gasteiger partial charge on any atom is -0.350 e. The maximum atomic E-state index is 13.4. The number of rotatable bonds is 4. The molecule has 31 heavy (non-hydrogen) atoms. The summed E-state index contributed by atoms with van der Waals surface area (Å²) in [5, 5.41) is 9.69. The fourth-order valence-corrected chi connectivity index (χ4v) is 5.59. The van der Waals surface area contributed by atoms with E-state index in [1.54, 1.807) is 12.3 Å². The first kappa shape index (κ1) is 19.8. The molecule has 0 aliphatic carbocycles.